The first-order valence-corrected chi connectivity index (χ1v) is 11.5. The van der Waals surface area contributed by atoms with E-state index in [4.69, 9.17) is 4.74 Å². The maximum atomic E-state index is 13.3. The molecule has 0 unspecified atom stereocenters. The van der Waals surface area contributed by atoms with Crippen molar-refractivity contribution in [1.82, 2.24) is 4.90 Å². The van der Waals surface area contributed by atoms with E-state index in [9.17, 15) is 4.79 Å². The van der Waals surface area contributed by atoms with Crippen LogP contribution in [0.15, 0.2) is 66.7 Å². The molecule has 1 saturated carbocycles. The highest BCUT2D eigenvalue weighted by atomic mass is 16.6. The molecule has 3 nitrogen and oxygen atoms in total. The van der Waals surface area contributed by atoms with Crippen molar-refractivity contribution in [3.63, 3.8) is 0 Å². The average molecular weight is 404 g/mol. The lowest BCUT2D eigenvalue weighted by molar-refractivity contribution is 0.0183. The molecule has 2 aromatic rings. The number of nitrogens with zero attached hydrogens (tertiary/aromatic N) is 1. The van der Waals surface area contributed by atoms with E-state index >= 15 is 0 Å². The Labute approximate surface area is 180 Å². The molecule has 2 atom stereocenters. The maximum Gasteiger partial charge on any atom is 0.410 e. The summed E-state index contributed by atoms with van der Waals surface area (Å²) in [7, 11) is 0. The van der Waals surface area contributed by atoms with Crippen LogP contribution < -0.4 is 0 Å². The SMILES string of the molecule is O=C(OCc1ccccc1)N1CCCCC[C@@H]2CCC[C@@]21C/C=C/c1ccccc1. The van der Waals surface area contributed by atoms with E-state index in [2.05, 4.69) is 41.3 Å². The third-order valence-corrected chi connectivity index (χ3v) is 6.90. The van der Waals surface area contributed by atoms with Crippen LogP contribution in [0.5, 0.6) is 0 Å². The minimum atomic E-state index is -0.138. The lowest BCUT2D eigenvalue weighted by Crippen LogP contribution is -2.55. The van der Waals surface area contributed by atoms with E-state index < -0.39 is 0 Å². The molecule has 1 aliphatic carbocycles. The van der Waals surface area contributed by atoms with E-state index in [1.54, 1.807) is 0 Å². The fraction of sp³-hybridized carbons (Fsp3) is 0.444. The van der Waals surface area contributed by atoms with Crippen LogP contribution in [0.2, 0.25) is 0 Å². The second kappa shape index (κ2) is 9.97. The van der Waals surface area contributed by atoms with Crippen molar-refractivity contribution >= 4 is 12.2 Å². The highest BCUT2D eigenvalue weighted by Crippen LogP contribution is 2.47. The Morgan fingerprint density at radius 1 is 0.967 bits per heavy atom. The number of hydrogen-bond donors (Lipinski definition) is 0. The Morgan fingerprint density at radius 2 is 1.70 bits per heavy atom. The highest BCUT2D eigenvalue weighted by Gasteiger charge is 2.48. The van der Waals surface area contributed by atoms with Crippen LogP contribution in [-0.4, -0.2) is 23.1 Å². The van der Waals surface area contributed by atoms with Crippen molar-refractivity contribution in [1.29, 1.82) is 0 Å². The topological polar surface area (TPSA) is 29.5 Å². The van der Waals surface area contributed by atoms with Crippen LogP contribution in [0.4, 0.5) is 4.79 Å². The van der Waals surface area contributed by atoms with Gasteiger partial charge in [-0.2, -0.15) is 0 Å². The van der Waals surface area contributed by atoms with Crippen molar-refractivity contribution in [2.45, 2.75) is 63.5 Å². The number of carbonyl (C=O) groups is 1. The van der Waals surface area contributed by atoms with E-state index in [1.807, 2.05) is 36.4 Å². The molecule has 2 fully saturated rings. The predicted octanol–water partition coefficient (Wildman–Crippen LogP) is 6.84. The molecule has 0 aromatic heterocycles. The summed E-state index contributed by atoms with van der Waals surface area (Å²) in [4.78, 5) is 15.4. The smallest absolute Gasteiger partial charge is 0.410 e. The Hall–Kier alpha value is -2.55. The van der Waals surface area contributed by atoms with Gasteiger partial charge in [-0.25, -0.2) is 4.79 Å². The number of fused-ring (bicyclic) bond motifs is 1. The van der Waals surface area contributed by atoms with Crippen LogP contribution in [0.25, 0.3) is 6.08 Å². The standard InChI is InChI=1S/C27H33NO2/c29-26(30-22-24-14-6-2-7-15-24)28-21-9-3-8-17-25-18-11-20-27(25,28)19-10-16-23-12-4-1-5-13-23/h1-2,4-7,10,12-16,25H,3,8-9,11,17-22H2/b16-10+/t25-,27+/m1/s1. The zero-order chi connectivity index (χ0) is 20.7. The molecule has 1 saturated heterocycles. The first-order valence-electron chi connectivity index (χ1n) is 11.5. The van der Waals surface area contributed by atoms with Gasteiger partial charge < -0.3 is 9.64 Å². The number of ether oxygens (including phenoxy) is 1. The summed E-state index contributed by atoms with van der Waals surface area (Å²) < 4.78 is 5.82. The molecule has 158 valence electrons. The summed E-state index contributed by atoms with van der Waals surface area (Å²) >= 11 is 0. The Balaban J connectivity index is 1.53. The molecule has 2 aromatic carbocycles. The van der Waals surface area contributed by atoms with Crippen molar-refractivity contribution in [2.75, 3.05) is 6.54 Å². The average Bonchev–Trinajstić information content (AvgIpc) is 3.16. The van der Waals surface area contributed by atoms with Gasteiger partial charge in [-0.1, -0.05) is 92.1 Å². The van der Waals surface area contributed by atoms with Gasteiger partial charge in [-0.3, -0.25) is 0 Å². The van der Waals surface area contributed by atoms with E-state index in [-0.39, 0.29) is 11.6 Å². The Kier molecular flexibility index (Phi) is 6.88. The number of rotatable bonds is 5. The molecule has 0 bridgehead atoms. The van der Waals surface area contributed by atoms with E-state index in [0.717, 1.165) is 31.4 Å². The molecular formula is C27H33NO2. The van der Waals surface area contributed by atoms with Crippen LogP contribution in [0, 0.1) is 5.92 Å². The third kappa shape index (κ3) is 4.77. The van der Waals surface area contributed by atoms with E-state index in [1.165, 1.54) is 37.7 Å². The first-order chi connectivity index (χ1) is 14.8. The molecule has 0 spiro atoms. The number of likely N-dealkylation sites (tertiary alicyclic amines) is 1. The second-order valence-corrected chi connectivity index (χ2v) is 8.75. The largest absolute Gasteiger partial charge is 0.445 e. The van der Waals surface area contributed by atoms with Gasteiger partial charge in [0.1, 0.15) is 6.61 Å². The zero-order valence-electron chi connectivity index (χ0n) is 17.8. The Bertz CT molecular complexity index is 832. The molecule has 2 aliphatic rings. The van der Waals surface area contributed by atoms with Gasteiger partial charge >= 0.3 is 6.09 Å². The van der Waals surface area contributed by atoms with Gasteiger partial charge in [0, 0.05) is 6.54 Å². The molecule has 30 heavy (non-hydrogen) atoms. The van der Waals surface area contributed by atoms with Crippen molar-refractivity contribution in [3.05, 3.63) is 77.9 Å². The number of carbonyl (C=O) groups excluding carboxylic acids is 1. The summed E-state index contributed by atoms with van der Waals surface area (Å²) in [6, 6.07) is 20.4. The van der Waals surface area contributed by atoms with E-state index in [0.29, 0.717) is 12.5 Å². The fourth-order valence-corrected chi connectivity index (χ4v) is 5.37. The van der Waals surface area contributed by atoms with Crippen molar-refractivity contribution in [3.8, 4) is 0 Å². The van der Waals surface area contributed by atoms with Crippen LogP contribution >= 0.6 is 0 Å². The summed E-state index contributed by atoms with van der Waals surface area (Å²) in [6.07, 6.45) is 13.5. The lowest BCUT2D eigenvalue weighted by atomic mass is 9.78. The summed E-state index contributed by atoms with van der Waals surface area (Å²) in [5.74, 6) is 0.572. The third-order valence-electron chi connectivity index (χ3n) is 6.90. The van der Waals surface area contributed by atoms with Gasteiger partial charge in [0.25, 0.3) is 0 Å². The summed E-state index contributed by atoms with van der Waals surface area (Å²) in [6.45, 7) is 1.15. The molecule has 1 heterocycles. The zero-order valence-corrected chi connectivity index (χ0v) is 17.8. The van der Waals surface area contributed by atoms with Gasteiger partial charge in [-0.15, -0.1) is 0 Å². The number of amides is 1. The van der Waals surface area contributed by atoms with Crippen molar-refractivity contribution in [2.24, 2.45) is 5.92 Å². The first kappa shape index (κ1) is 20.7. The molecule has 0 N–H and O–H groups in total. The Morgan fingerprint density at radius 3 is 2.50 bits per heavy atom. The van der Waals surface area contributed by atoms with Crippen LogP contribution in [0.3, 0.4) is 0 Å². The van der Waals surface area contributed by atoms with Gasteiger partial charge in [0.15, 0.2) is 0 Å². The van der Waals surface area contributed by atoms with Gasteiger partial charge in [0.2, 0.25) is 0 Å². The molecule has 4 rings (SSSR count). The molecule has 3 heteroatoms. The summed E-state index contributed by atoms with van der Waals surface area (Å²) in [5, 5.41) is 0. The normalized spacial score (nSPS) is 24.3. The molecular weight excluding hydrogens is 370 g/mol. The van der Waals surface area contributed by atoms with Crippen molar-refractivity contribution < 1.29 is 9.53 Å². The highest BCUT2D eigenvalue weighted by molar-refractivity contribution is 5.69. The molecule has 1 aliphatic heterocycles. The van der Waals surface area contributed by atoms with Gasteiger partial charge in [0.05, 0.1) is 5.54 Å². The lowest BCUT2D eigenvalue weighted by Gasteiger charge is -2.46. The predicted molar refractivity (Wildman–Crippen MR) is 122 cm³/mol. The van der Waals surface area contributed by atoms with Gasteiger partial charge in [-0.05, 0) is 49.1 Å². The molecule has 1 amide bonds. The van der Waals surface area contributed by atoms with Crippen LogP contribution in [0.1, 0.15) is 62.5 Å². The maximum absolute atomic E-state index is 13.3. The number of hydrogen-bond acceptors (Lipinski definition) is 2. The minimum Gasteiger partial charge on any atom is -0.445 e. The minimum absolute atomic E-state index is 0.0977. The quantitative estimate of drug-likeness (QED) is 0.547. The van der Waals surface area contributed by atoms with Crippen LogP contribution in [-0.2, 0) is 11.3 Å². The fourth-order valence-electron chi connectivity index (χ4n) is 5.37. The summed E-state index contributed by atoms with van der Waals surface area (Å²) in [5.41, 5.74) is 2.16. The number of benzene rings is 2. The second-order valence-electron chi connectivity index (χ2n) is 8.75. The monoisotopic (exact) mass is 403 g/mol. The molecule has 0 radical (unpaired) electrons.